The van der Waals surface area contributed by atoms with E-state index in [9.17, 15) is 17.6 Å². The van der Waals surface area contributed by atoms with Crippen LogP contribution in [-0.4, -0.2) is 52.0 Å². The highest BCUT2D eigenvalue weighted by Gasteiger charge is 2.23. The van der Waals surface area contributed by atoms with Crippen molar-refractivity contribution in [3.63, 3.8) is 0 Å². The van der Waals surface area contributed by atoms with Gasteiger partial charge in [0.15, 0.2) is 6.61 Å². The summed E-state index contributed by atoms with van der Waals surface area (Å²) in [6.45, 7) is 8.55. The maximum Gasteiger partial charge on any atom is 0.261 e. The van der Waals surface area contributed by atoms with Crippen LogP contribution in [0.2, 0.25) is 0 Å². The van der Waals surface area contributed by atoms with Crippen molar-refractivity contribution in [2.24, 2.45) is 0 Å². The average Bonchev–Trinajstić information content (AvgIpc) is 2.86. The molecule has 1 aliphatic rings. The topological polar surface area (TPSA) is 78.9 Å². The number of amides is 1. The maximum atomic E-state index is 13.1. The smallest absolute Gasteiger partial charge is 0.261 e. The molecule has 36 heavy (non-hydrogen) atoms. The van der Waals surface area contributed by atoms with Crippen LogP contribution in [0.15, 0.2) is 65.6 Å². The van der Waals surface area contributed by atoms with Gasteiger partial charge in [0.2, 0.25) is 0 Å². The highest BCUT2D eigenvalue weighted by molar-refractivity contribution is 7.92. The first kappa shape index (κ1) is 25.5. The Kier molecular flexibility index (Phi) is 7.49. The third-order valence-corrected chi connectivity index (χ3v) is 7.83. The Labute approximate surface area is 211 Å². The van der Waals surface area contributed by atoms with E-state index in [0.717, 1.165) is 13.1 Å². The molecule has 0 bridgehead atoms. The van der Waals surface area contributed by atoms with Crippen molar-refractivity contribution in [2.45, 2.75) is 25.7 Å². The van der Waals surface area contributed by atoms with E-state index >= 15 is 0 Å². The second kappa shape index (κ2) is 10.6. The summed E-state index contributed by atoms with van der Waals surface area (Å²) in [7, 11) is -3.86. The van der Waals surface area contributed by atoms with Crippen molar-refractivity contribution in [2.75, 3.05) is 42.4 Å². The number of sulfonamides is 1. The van der Waals surface area contributed by atoms with Gasteiger partial charge in [0.1, 0.15) is 11.6 Å². The van der Waals surface area contributed by atoms with Crippen LogP contribution >= 0.6 is 0 Å². The maximum absolute atomic E-state index is 13.1. The third-order valence-electron chi connectivity index (χ3n) is 6.45. The molecule has 0 spiro atoms. The second-order valence-corrected chi connectivity index (χ2v) is 10.6. The summed E-state index contributed by atoms with van der Waals surface area (Å²) >= 11 is 0. The van der Waals surface area contributed by atoms with E-state index in [2.05, 4.69) is 41.7 Å². The van der Waals surface area contributed by atoms with Crippen LogP contribution in [0.3, 0.4) is 0 Å². The first-order chi connectivity index (χ1) is 17.1. The van der Waals surface area contributed by atoms with Crippen LogP contribution in [0.4, 0.5) is 15.8 Å². The number of anilines is 2. The van der Waals surface area contributed by atoms with Gasteiger partial charge in [-0.1, -0.05) is 12.1 Å². The average molecular weight is 512 g/mol. The van der Waals surface area contributed by atoms with Crippen molar-refractivity contribution in [1.82, 2.24) is 4.90 Å². The van der Waals surface area contributed by atoms with Crippen molar-refractivity contribution >= 4 is 27.3 Å². The number of carbonyl (C=O) groups is 1. The minimum atomic E-state index is -3.86. The highest BCUT2D eigenvalue weighted by Crippen LogP contribution is 2.25. The normalized spacial score (nSPS) is 14.0. The van der Waals surface area contributed by atoms with E-state index in [4.69, 9.17) is 4.74 Å². The lowest BCUT2D eigenvalue weighted by atomic mass is 10.1. The molecule has 1 N–H and O–H groups in total. The van der Waals surface area contributed by atoms with Gasteiger partial charge in [-0.25, -0.2) is 12.8 Å². The Morgan fingerprint density at radius 3 is 2.31 bits per heavy atom. The number of nitrogens with one attached hydrogen (secondary N) is 1. The molecule has 4 rings (SSSR count). The molecular weight excluding hydrogens is 481 g/mol. The number of halogens is 1. The van der Waals surface area contributed by atoms with Crippen LogP contribution in [0.25, 0.3) is 0 Å². The Morgan fingerprint density at radius 2 is 1.64 bits per heavy atom. The van der Waals surface area contributed by atoms with Crippen LogP contribution in [0.5, 0.6) is 5.75 Å². The molecule has 1 heterocycles. The molecule has 3 aromatic carbocycles. The fourth-order valence-electron chi connectivity index (χ4n) is 4.19. The van der Waals surface area contributed by atoms with E-state index in [0.29, 0.717) is 24.4 Å². The zero-order chi connectivity index (χ0) is 25.9. The molecule has 0 aromatic heterocycles. The van der Waals surface area contributed by atoms with Gasteiger partial charge in [-0.3, -0.25) is 9.52 Å². The minimum Gasteiger partial charge on any atom is -0.483 e. The standard InChI is InChI=1S/C27H30FN3O4S/c1-19-5-4-6-25(21(19)3)30-13-15-31(16-14-30)27(32)18-35-26-12-11-24(17-20(26)2)36(33,34)29-23-9-7-22(28)8-10-23/h4-12,17,29H,13-16,18H2,1-3H3. The number of hydrogen-bond donors (Lipinski definition) is 1. The Bertz CT molecular complexity index is 1350. The van der Waals surface area contributed by atoms with E-state index < -0.39 is 15.8 Å². The highest BCUT2D eigenvalue weighted by atomic mass is 32.2. The van der Waals surface area contributed by atoms with E-state index in [1.807, 2.05) is 0 Å². The SMILES string of the molecule is Cc1cc(S(=O)(=O)Nc2ccc(F)cc2)ccc1OCC(=O)N1CCN(c2cccc(C)c2C)CC1. The lowest BCUT2D eigenvalue weighted by Gasteiger charge is -2.37. The molecule has 1 aliphatic heterocycles. The number of rotatable bonds is 7. The summed E-state index contributed by atoms with van der Waals surface area (Å²) < 4.78 is 46.6. The summed E-state index contributed by atoms with van der Waals surface area (Å²) in [6, 6.07) is 15.8. The molecule has 1 fully saturated rings. The molecule has 0 unspecified atom stereocenters. The summed E-state index contributed by atoms with van der Waals surface area (Å²) in [4.78, 5) is 16.9. The van der Waals surface area contributed by atoms with E-state index in [1.165, 1.54) is 53.2 Å². The molecule has 0 atom stereocenters. The molecule has 1 saturated heterocycles. The molecule has 9 heteroatoms. The zero-order valence-corrected chi connectivity index (χ0v) is 21.4. The summed E-state index contributed by atoms with van der Waals surface area (Å²) in [5.74, 6) is -0.115. The van der Waals surface area contributed by atoms with Crippen LogP contribution in [-0.2, 0) is 14.8 Å². The molecule has 0 saturated carbocycles. The Morgan fingerprint density at radius 1 is 0.944 bits per heavy atom. The predicted octanol–water partition coefficient (Wildman–Crippen LogP) is 4.28. The zero-order valence-electron chi connectivity index (χ0n) is 20.6. The summed E-state index contributed by atoms with van der Waals surface area (Å²) in [5.41, 5.74) is 4.56. The van der Waals surface area contributed by atoms with Gasteiger partial charge < -0.3 is 14.5 Å². The van der Waals surface area contributed by atoms with Crippen LogP contribution < -0.4 is 14.4 Å². The number of ether oxygens (including phenoxy) is 1. The lowest BCUT2D eigenvalue weighted by molar-refractivity contribution is -0.133. The number of aryl methyl sites for hydroxylation is 2. The van der Waals surface area contributed by atoms with Gasteiger partial charge in [-0.05, 0) is 86.0 Å². The van der Waals surface area contributed by atoms with Crippen molar-refractivity contribution < 1.29 is 22.3 Å². The summed E-state index contributed by atoms with van der Waals surface area (Å²) in [5, 5.41) is 0. The number of nitrogens with zero attached hydrogens (tertiary/aromatic N) is 2. The molecule has 190 valence electrons. The van der Waals surface area contributed by atoms with Gasteiger partial charge in [-0.2, -0.15) is 0 Å². The molecule has 3 aromatic rings. The largest absolute Gasteiger partial charge is 0.483 e. The van der Waals surface area contributed by atoms with Gasteiger partial charge in [-0.15, -0.1) is 0 Å². The van der Waals surface area contributed by atoms with Gasteiger partial charge in [0, 0.05) is 37.6 Å². The predicted molar refractivity (Wildman–Crippen MR) is 139 cm³/mol. The third kappa shape index (κ3) is 5.79. The monoisotopic (exact) mass is 511 g/mol. The van der Waals surface area contributed by atoms with E-state index in [-0.39, 0.29) is 23.1 Å². The van der Waals surface area contributed by atoms with Crippen molar-refractivity contribution in [3.8, 4) is 5.75 Å². The van der Waals surface area contributed by atoms with Gasteiger partial charge in [0.25, 0.3) is 15.9 Å². The first-order valence-electron chi connectivity index (χ1n) is 11.7. The molecule has 7 nitrogen and oxygen atoms in total. The molecular formula is C27H30FN3O4S. The number of piperazine rings is 1. The number of hydrogen-bond acceptors (Lipinski definition) is 5. The molecule has 1 amide bonds. The van der Waals surface area contributed by atoms with Gasteiger partial charge in [0.05, 0.1) is 4.90 Å². The van der Waals surface area contributed by atoms with E-state index in [1.54, 1.807) is 17.9 Å². The Hall–Kier alpha value is -3.59. The van der Waals surface area contributed by atoms with Gasteiger partial charge >= 0.3 is 0 Å². The number of benzene rings is 3. The first-order valence-corrected chi connectivity index (χ1v) is 13.2. The minimum absolute atomic E-state index is 0.0468. The Balaban J connectivity index is 1.33. The van der Waals surface area contributed by atoms with Crippen LogP contribution in [0.1, 0.15) is 16.7 Å². The van der Waals surface area contributed by atoms with Crippen molar-refractivity contribution in [1.29, 1.82) is 0 Å². The fourth-order valence-corrected chi connectivity index (χ4v) is 5.33. The fraction of sp³-hybridized carbons (Fsp3) is 0.296. The van der Waals surface area contributed by atoms with Crippen LogP contribution in [0, 0.1) is 26.6 Å². The number of carbonyl (C=O) groups excluding carboxylic acids is 1. The summed E-state index contributed by atoms with van der Waals surface area (Å²) in [6.07, 6.45) is 0. The van der Waals surface area contributed by atoms with Crippen molar-refractivity contribution in [3.05, 3.63) is 83.2 Å². The second-order valence-electron chi connectivity index (χ2n) is 8.92. The molecule has 0 aliphatic carbocycles. The molecule has 0 radical (unpaired) electrons. The lowest BCUT2D eigenvalue weighted by Crippen LogP contribution is -2.50. The quantitative estimate of drug-likeness (QED) is 0.512.